The van der Waals surface area contributed by atoms with Gasteiger partial charge >= 0.3 is 0 Å². The number of halogens is 1. The van der Waals surface area contributed by atoms with Crippen LogP contribution in [0.15, 0.2) is 6.20 Å². The molecule has 0 unspecified atom stereocenters. The zero-order valence-corrected chi connectivity index (χ0v) is 10.9. The van der Waals surface area contributed by atoms with Crippen LogP contribution in [-0.2, 0) is 4.74 Å². The van der Waals surface area contributed by atoms with Crippen LogP contribution in [-0.4, -0.2) is 42.3 Å². The van der Waals surface area contributed by atoms with E-state index in [2.05, 4.69) is 15.3 Å². The first kappa shape index (κ1) is 12.6. The zero-order chi connectivity index (χ0) is 13.1. The molecule has 2 aliphatic rings. The van der Waals surface area contributed by atoms with E-state index in [0.29, 0.717) is 18.3 Å². The normalized spacial score (nSPS) is 23.0. The molecule has 3 heterocycles. The summed E-state index contributed by atoms with van der Waals surface area (Å²) in [6, 6.07) is 0. The lowest BCUT2D eigenvalue weighted by Gasteiger charge is -2.18. The minimum atomic E-state index is -0.343. The molecule has 2 aliphatic heterocycles. The summed E-state index contributed by atoms with van der Waals surface area (Å²) in [5, 5.41) is 3.14. The molecule has 2 saturated heterocycles. The van der Waals surface area contributed by atoms with E-state index >= 15 is 0 Å². The summed E-state index contributed by atoms with van der Waals surface area (Å²) in [5.41, 5.74) is 0. The van der Waals surface area contributed by atoms with Crippen molar-refractivity contribution in [1.82, 2.24) is 9.97 Å². The van der Waals surface area contributed by atoms with E-state index in [-0.39, 0.29) is 11.9 Å². The molecule has 2 fully saturated rings. The molecule has 0 radical (unpaired) electrons. The molecule has 0 aromatic carbocycles. The third-order valence-electron chi connectivity index (χ3n) is 3.64. The predicted octanol–water partition coefficient (Wildman–Crippen LogP) is 1.81. The highest BCUT2D eigenvalue weighted by atomic mass is 19.1. The van der Waals surface area contributed by atoms with Crippen molar-refractivity contribution in [3.63, 3.8) is 0 Å². The maximum Gasteiger partial charge on any atom is 0.224 e. The molecular weight excluding hydrogens is 247 g/mol. The van der Waals surface area contributed by atoms with Gasteiger partial charge in [-0.15, -0.1) is 0 Å². The van der Waals surface area contributed by atoms with E-state index < -0.39 is 0 Å². The molecule has 1 atom stereocenters. The molecular formula is C13H19FN4O. The molecule has 5 nitrogen and oxygen atoms in total. The molecule has 6 heteroatoms. The number of ether oxygens (including phenoxy) is 1. The van der Waals surface area contributed by atoms with Gasteiger partial charge in [0, 0.05) is 26.2 Å². The van der Waals surface area contributed by atoms with E-state index in [1.807, 2.05) is 4.90 Å². The molecule has 0 aliphatic carbocycles. The van der Waals surface area contributed by atoms with Gasteiger partial charge in [-0.25, -0.2) is 9.37 Å². The number of hydrogen-bond acceptors (Lipinski definition) is 5. The van der Waals surface area contributed by atoms with Gasteiger partial charge in [-0.2, -0.15) is 4.98 Å². The van der Waals surface area contributed by atoms with Crippen LogP contribution in [0.4, 0.5) is 16.2 Å². The second-order valence-corrected chi connectivity index (χ2v) is 5.08. The SMILES string of the molecule is Fc1cnc(NC[C@H]2CCCO2)nc1N1CCCC1. The third-order valence-corrected chi connectivity index (χ3v) is 3.64. The van der Waals surface area contributed by atoms with Gasteiger partial charge in [0.05, 0.1) is 12.3 Å². The number of nitrogens with one attached hydrogen (secondary N) is 1. The smallest absolute Gasteiger partial charge is 0.224 e. The average Bonchev–Trinajstić information content (AvgIpc) is 3.11. The van der Waals surface area contributed by atoms with Crippen molar-refractivity contribution in [2.24, 2.45) is 0 Å². The molecule has 0 bridgehead atoms. The lowest BCUT2D eigenvalue weighted by Crippen LogP contribution is -2.23. The molecule has 104 valence electrons. The largest absolute Gasteiger partial charge is 0.376 e. The second-order valence-electron chi connectivity index (χ2n) is 5.08. The third kappa shape index (κ3) is 2.94. The summed E-state index contributed by atoms with van der Waals surface area (Å²) in [6.07, 6.45) is 5.84. The van der Waals surface area contributed by atoms with Crippen LogP contribution in [0.1, 0.15) is 25.7 Å². The van der Waals surface area contributed by atoms with Gasteiger partial charge in [-0.1, -0.05) is 0 Å². The summed E-state index contributed by atoms with van der Waals surface area (Å²) in [5.74, 6) is 0.561. The van der Waals surface area contributed by atoms with Crippen molar-refractivity contribution in [2.75, 3.05) is 36.5 Å². The highest BCUT2D eigenvalue weighted by Gasteiger charge is 2.19. The van der Waals surface area contributed by atoms with E-state index in [4.69, 9.17) is 4.74 Å². The number of nitrogens with zero attached hydrogens (tertiary/aromatic N) is 3. The number of anilines is 2. The lowest BCUT2D eigenvalue weighted by atomic mass is 10.2. The molecule has 1 aromatic rings. The fourth-order valence-electron chi connectivity index (χ4n) is 2.60. The summed E-state index contributed by atoms with van der Waals surface area (Å²) in [7, 11) is 0. The summed E-state index contributed by atoms with van der Waals surface area (Å²) in [6.45, 7) is 3.26. The van der Waals surface area contributed by atoms with Crippen LogP contribution in [0.2, 0.25) is 0 Å². The monoisotopic (exact) mass is 266 g/mol. The first-order valence-corrected chi connectivity index (χ1v) is 6.96. The standard InChI is InChI=1S/C13H19FN4O/c14-11-9-16-13(15-8-10-4-3-7-19-10)17-12(11)18-5-1-2-6-18/h9-10H,1-8H2,(H,15,16,17)/t10-/m1/s1. The molecule has 0 saturated carbocycles. The van der Waals surface area contributed by atoms with Crippen molar-refractivity contribution in [3.8, 4) is 0 Å². The van der Waals surface area contributed by atoms with Crippen molar-refractivity contribution < 1.29 is 9.13 Å². The zero-order valence-electron chi connectivity index (χ0n) is 10.9. The Labute approximate surface area is 112 Å². The average molecular weight is 266 g/mol. The summed E-state index contributed by atoms with van der Waals surface area (Å²) in [4.78, 5) is 10.3. The second kappa shape index (κ2) is 5.69. The summed E-state index contributed by atoms with van der Waals surface area (Å²) < 4.78 is 19.3. The Bertz CT molecular complexity index is 431. The van der Waals surface area contributed by atoms with Crippen molar-refractivity contribution in [3.05, 3.63) is 12.0 Å². The Kier molecular flexibility index (Phi) is 3.77. The van der Waals surface area contributed by atoms with Gasteiger partial charge in [-0.3, -0.25) is 0 Å². The Hall–Kier alpha value is -1.43. The molecule has 0 spiro atoms. The van der Waals surface area contributed by atoms with Gasteiger partial charge in [0.1, 0.15) is 0 Å². The lowest BCUT2D eigenvalue weighted by molar-refractivity contribution is 0.120. The van der Waals surface area contributed by atoms with E-state index in [1.165, 1.54) is 6.20 Å². The number of rotatable bonds is 4. The maximum absolute atomic E-state index is 13.7. The minimum Gasteiger partial charge on any atom is -0.376 e. The van der Waals surface area contributed by atoms with Crippen LogP contribution in [0.5, 0.6) is 0 Å². The highest BCUT2D eigenvalue weighted by Crippen LogP contribution is 2.22. The van der Waals surface area contributed by atoms with Crippen LogP contribution < -0.4 is 10.2 Å². The van der Waals surface area contributed by atoms with Gasteiger partial charge in [0.25, 0.3) is 0 Å². The van der Waals surface area contributed by atoms with E-state index in [0.717, 1.165) is 45.4 Å². The van der Waals surface area contributed by atoms with Crippen LogP contribution in [0.3, 0.4) is 0 Å². The fourth-order valence-corrected chi connectivity index (χ4v) is 2.60. The van der Waals surface area contributed by atoms with Crippen molar-refractivity contribution >= 4 is 11.8 Å². The molecule has 0 amide bonds. The number of aromatic nitrogens is 2. The van der Waals surface area contributed by atoms with Crippen molar-refractivity contribution in [2.45, 2.75) is 31.8 Å². The Balaban J connectivity index is 1.66. The fraction of sp³-hybridized carbons (Fsp3) is 0.692. The van der Waals surface area contributed by atoms with Crippen LogP contribution in [0, 0.1) is 5.82 Å². The van der Waals surface area contributed by atoms with Crippen LogP contribution in [0.25, 0.3) is 0 Å². The van der Waals surface area contributed by atoms with Gasteiger partial charge in [0.15, 0.2) is 11.6 Å². The molecule has 3 rings (SSSR count). The van der Waals surface area contributed by atoms with Gasteiger partial charge < -0.3 is 15.0 Å². The first-order chi connectivity index (χ1) is 9.33. The molecule has 1 aromatic heterocycles. The molecule has 19 heavy (non-hydrogen) atoms. The van der Waals surface area contributed by atoms with Gasteiger partial charge in [0.2, 0.25) is 5.95 Å². The molecule has 1 N–H and O–H groups in total. The topological polar surface area (TPSA) is 50.3 Å². The predicted molar refractivity (Wildman–Crippen MR) is 70.9 cm³/mol. The minimum absolute atomic E-state index is 0.226. The van der Waals surface area contributed by atoms with Gasteiger partial charge in [-0.05, 0) is 25.7 Å². The summed E-state index contributed by atoms with van der Waals surface area (Å²) >= 11 is 0. The maximum atomic E-state index is 13.7. The van der Waals surface area contributed by atoms with Crippen LogP contribution >= 0.6 is 0 Å². The van der Waals surface area contributed by atoms with Crippen molar-refractivity contribution in [1.29, 1.82) is 0 Å². The quantitative estimate of drug-likeness (QED) is 0.900. The van der Waals surface area contributed by atoms with E-state index in [9.17, 15) is 4.39 Å². The first-order valence-electron chi connectivity index (χ1n) is 6.96. The van der Waals surface area contributed by atoms with E-state index in [1.54, 1.807) is 0 Å². The highest BCUT2D eigenvalue weighted by molar-refractivity contribution is 5.44. The Morgan fingerprint density at radius 2 is 2.21 bits per heavy atom. The Morgan fingerprint density at radius 3 is 2.95 bits per heavy atom. The number of hydrogen-bond donors (Lipinski definition) is 1. The Morgan fingerprint density at radius 1 is 1.37 bits per heavy atom.